The summed E-state index contributed by atoms with van der Waals surface area (Å²) in [5.74, 6) is 0.269. The Kier molecular flexibility index (Phi) is 2.74. The fourth-order valence-electron chi connectivity index (χ4n) is 0.612. The van der Waals surface area contributed by atoms with Gasteiger partial charge in [0.15, 0.2) is 0 Å². The summed E-state index contributed by atoms with van der Waals surface area (Å²) in [5, 5.41) is 17.9. The third-order valence-corrected chi connectivity index (χ3v) is 1.28. The Morgan fingerprint density at radius 3 is 1.80 bits per heavy atom. The van der Waals surface area contributed by atoms with E-state index in [1.165, 1.54) is 12.1 Å². The van der Waals surface area contributed by atoms with Crippen molar-refractivity contribution >= 4 is 0 Å². The fourth-order valence-corrected chi connectivity index (χ4v) is 0.612. The smallest absolute Gasteiger partial charge is 0.122 e. The molecule has 1 aromatic carbocycles. The summed E-state index contributed by atoms with van der Waals surface area (Å²) in [6.45, 7) is 1.66. The lowest BCUT2D eigenvalue weighted by atomic mass is 10.2. The first-order chi connectivity index (χ1) is 4.22. The van der Waals surface area contributed by atoms with Crippen molar-refractivity contribution in [2.24, 2.45) is 0 Å². The lowest BCUT2D eigenvalue weighted by Gasteiger charge is -1.98. The first kappa shape index (κ1) is 8.82. The van der Waals surface area contributed by atoms with Gasteiger partial charge < -0.3 is 10.2 Å². The van der Waals surface area contributed by atoms with Gasteiger partial charge in [-0.1, -0.05) is 13.5 Å². The van der Waals surface area contributed by atoms with E-state index < -0.39 is 0 Å². The van der Waals surface area contributed by atoms with Gasteiger partial charge in [0.2, 0.25) is 0 Å². The lowest BCUT2D eigenvalue weighted by Crippen LogP contribution is -1.73. The van der Waals surface area contributed by atoms with Crippen molar-refractivity contribution in [3.8, 4) is 11.5 Å². The molecule has 56 valence electrons. The molecule has 1 rings (SSSR count). The molecule has 0 bridgehead atoms. The summed E-state index contributed by atoms with van der Waals surface area (Å²) < 4.78 is 0. The van der Waals surface area contributed by atoms with Gasteiger partial charge in [-0.05, 0) is 19.1 Å². The van der Waals surface area contributed by atoms with Gasteiger partial charge in [0, 0.05) is 5.56 Å². The lowest BCUT2D eigenvalue weighted by molar-refractivity contribution is 0.443. The van der Waals surface area contributed by atoms with Crippen molar-refractivity contribution in [3.05, 3.63) is 23.8 Å². The zero-order valence-corrected chi connectivity index (χ0v) is 5.13. The molecule has 0 spiro atoms. The number of aromatic hydroxyl groups is 2. The molecule has 2 N–H and O–H groups in total. The number of phenols is 2. The Morgan fingerprint density at radius 1 is 1.10 bits per heavy atom. The molecule has 2 nitrogen and oxygen atoms in total. The van der Waals surface area contributed by atoms with Crippen LogP contribution in [0.5, 0.6) is 11.5 Å². The molecule has 0 atom stereocenters. The van der Waals surface area contributed by atoms with Crippen molar-refractivity contribution in [1.29, 1.82) is 0 Å². The molecule has 0 aliphatic rings. The Labute approximate surface area is 60.8 Å². The van der Waals surface area contributed by atoms with Crippen LogP contribution < -0.4 is 0 Å². The maximum atomic E-state index is 8.94. The van der Waals surface area contributed by atoms with Crippen LogP contribution in [0.1, 0.15) is 13.0 Å². The molecule has 0 saturated heterocycles. The Bertz CT molecular complexity index is 198. The molecule has 0 heterocycles. The quantitative estimate of drug-likeness (QED) is 0.579. The van der Waals surface area contributed by atoms with Gasteiger partial charge in [0.1, 0.15) is 11.5 Å². The normalized spacial score (nSPS) is 8.50. The number of phenolic OH excluding ortho intramolecular Hbond substituents is 2. The third-order valence-electron chi connectivity index (χ3n) is 1.28. The van der Waals surface area contributed by atoms with E-state index in [4.69, 9.17) is 10.2 Å². The van der Waals surface area contributed by atoms with Gasteiger partial charge in [-0.3, -0.25) is 0 Å². The predicted molar refractivity (Wildman–Crippen MR) is 41.2 cm³/mol. The molecule has 0 aliphatic carbocycles. The standard InChI is InChI=1S/C7H8O2.CH4/c1-5-6(8)3-2-4-7(5)9;/h2-4,8-9H,1H3;1H4. The third kappa shape index (κ3) is 1.41. The van der Waals surface area contributed by atoms with E-state index in [2.05, 4.69) is 0 Å². The summed E-state index contributed by atoms with van der Waals surface area (Å²) in [6.07, 6.45) is 0. The second kappa shape index (κ2) is 3.11. The summed E-state index contributed by atoms with van der Waals surface area (Å²) >= 11 is 0. The van der Waals surface area contributed by atoms with E-state index in [-0.39, 0.29) is 18.9 Å². The van der Waals surface area contributed by atoms with Crippen LogP contribution in [0.2, 0.25) is 0 Å². The minimum absolute atomic E-state index is 0. The maximum absolute atomic E-state index is 8.94. The van der Waals surface area contributed by atoms with Crippen LogP contribution in [0.15, 0.2) is 18.2 Å². The summed E-state index contributed by atoms with van der Waals surface area (Å²) in [7, 11) is 0. The SMILES string of the molecule is C.Cc1c(O)cccc1O. The van der Waals surface area contributed by atoms with E-state index in [9.17, 15) is 0 Å². The van der Waals surface area contributed by atoms with Crippen molar-refractivity contribution in [2.75, 3.05) is 0 Å². The number of benzene rings is 1. The molecule has 0 aromatic heterocycles. The van der Waals surface area contributed by atoms with Crippen molar-refractivity contribution < 1.29 is 10.2 Å². The zero-order valence-electron chi connectivity index (χ0n) is 5.13. The minimum Gasteiger partial charge on any atom is -0.508 e. The molecule has 0 amide bonds. The first-order valence-corrected chi connectivity index (χ1v) is 2.69. The highest BCUT2D eigenvalue weighted by atomic mass is 16.3. The Morgan fingerprint density at radius 2 is 1.50 bits per heavy atom. The van der Waals surface area contributed by atoms with Gasteiger partial charge >= 0.3 is 0 Å². The zero-order chi connectivity index (χ0) is 6.85. The molecule has 2 heteroatoms. The highest BCUT2D eigenvalue weighted by Crippen LogP contribution is 2.23. The number of hydrogen-bond acceptors (Lipinski definition) is 2. The summed E-state index contributed by atoms with van der Waals surface area (Å²) in [4.78, 5) is 0. The molecule has 0 saturated carbocycles. The Hall–Kier alpha value is -1.18. The summed E-state index contributed by atoms with van der Waals surface area (Å²) in [5.41, 5.74) is 0.525. The van der Waals surface area contributed by atoms with Crippen LogP contribution in [0.4, 0.5) is 0 Å². The van der Waals surface area contributed by atoms with Crippen molar-refractivity contribution in [1.82, 2.24) is 0 Å². The molecule has 10 heavy (non-hydrogen) atoms. The Balaban J connectivity index is 0.000000810. The minimum atomic E-state index is 0. The number of hydrogen-bond donors (Lipinski definition) is 2. The first-order valence-electron chi connectivity index (χ1n) is 2.69. The van der Waals surface area contributed by atoms with E-state index in [0.29, 0.717) is 5.56 Å². The molecule has 1 aromatic rings. The maximum Gasteiger partial charge on any atom is 0.122 e. The van der Waals surface area contributed by atoms with Crippen LogP contribution in [-0.2, 0) is 0 Å². The van der Waals surface area contributed by atoms with Crippen LogP contribution in [0, 0.1) is 6.92 Å². The predicted octanol–water partition coefficient (Wildman–Crippen LogP) is 2.04. The fraction of sp³-hybridized carbons (Fsp3) is 0.250. The second-order valence-electron chi connectivity index (χ2n) is 1.92. The van der Waals surface area contributed by atoms with E-state index in [0.717, 1.165) is 0 Å². The van der Waals surface area contributed by atoms with Crippen molar-refractivity contribution in [2.45, 2.75) is 14.4 Å². The number of rotatable bonds is 0. The monoisotopic (exact) mass is 140 g/mol. The van der Waals surface area contributed by atoms with Gasteiger partial charge in [-0.15, -0.1) is 0 Å². The topological polar surface area (TPSA) is 40.5 Å². The van der Waals surface area contributed by atoms with Crippen LogP contribution in [0.25, 0.3) is 0 Å². The van der Waals surface area contributed by atoms with Crippen molar-refractivity contribution in [3.63, 3.8) is 0 Å². The van der Waals surface area contributed by atoms with E-state index in [1.54, 1.807) is 13.0 Å². The van der Waals surface area contributed by atoms with Crippen LogP contribution in [-0.4, -0.2) is 10.2 Å². The molecule has 0 radical (unpaired) electrons. The van der Waals surface area contributed by atoms with Gasteiger partial charge in [-0.25, -0.2) is 0 Å². The second-order valence-corrected chi connectivity index (χ2v) is 1.92. The molecule has 0 unspecified atom stereocenters. The average Bonchev–Trinajstić information content (AvgIpc) is 1.83. The largest absolute Gasteiger partial charge is 0.508 e. The molecule has 0 aliphatic heterocycles. The van der Waals surface area contributed by atoms with Crippen LogP contribution in [0.3, 0.4) is 0 Å². The molecular weight excluding hydrogens is 128 g/mol. The summed E-state index contributed by atoms with van der Waals surface area (Å²) in [6, 6.07) is 4.67. The van der Waals surface area contributed by atoms with Gasteiger partial charge in [0.05, 0.1) is 0 Å². The highest BCUT2D eigenvalue weighted by molar-refractivity contribution is 5.41. The van der Waals surface area contributed by atoms with E-state index >= 15 is 0 Å². The molecule has 0 fully saturated rings. The average molecular weight is 140 g/mol. The van der Waals surface area contributed by atoms with E-state index in [1.807, 2.05) is 0 Å². The van der Waals surface area contributed by atoms with Crippen LogP contribution >= 0.6 is 0 Å². The van der Waals surface area contributed by atoms with Gasteiger partial charge in [-0.2, -0.15) is 0 Å². The highest BCUT2D eigenvalue weighted by Gasteiger charge is 1.97. The van der Waals surface area contributed by atoms with Gasteiger partial charge in [0.25, 0.3) is 0 Å². The molecular formula is C8H12O2.